The molecule has 2 N–H and O–H groups in total. The molecule has 0 spiro atoms. The molecular weight excluding hydrogens is 274 g/mol. The molecule has 5 heteroatoms. The summed E-state index contributed by atoms with van der Waals surface area (Å²) in [5.41, 5.74) is 0.369. The Kier molecular flexibility index (Phi) is 7.78. The standard InChI is InChI=1S/C16H26F2N2O/c1-4-9-19-15(8-10-20(3)11-12(2)21)13-6-5-7-14(17)16(13)18/h5-7,12,15,19,21H,4,8-11H2,1-3H3. The molecule has 0 aliphatic rings. The van der Waals surface area contributed by atoms with Crippen LogP contribution < -0.4 is 5.32 Å². The molecule has 0 aromatic heterocycles. The Morgan fingerprint density at radius 2 is 2.05 bits per heavy atom. The van der Waals surface area contributed by atoms with Crippen molar-refractivity contribution in [2.45, 2.75) is 38.8 Å². The zero-order valence-corrected chi connectivity index (χ0v) is 13.1. The Balaban J connectivity index is 2.73. The number of halogens is 2. The minimum Gasteiger partial charge on any atom is -0.392 e. The van der Waals surface area contributed by atoms with Crippen molar-refractivity contribution in [2.75, 3.05) is 26.7 Å². The largest absolute Gasteiger partial charge is 0.392 e. The van der Waals surface area contributed by atoms with Gasteiger partial charge in [0.05, 0.1) is 6.10 Å². The van der Waals surface area contributed by atoms with Crippen LogP contribution >= 0.6 is 0 Å². The highest BCUT2D eigenvalue weighted by atomic mass is 19.2. The van der Waals surface area contributed by atoms with Gasteiger partial charge in [-0.05, 0) is 46.0 Å². The van der Waals surface area contributed by atoms with Crippen molar-refractivity contribution < 1.29 is 13.9 Å². The van der Waals surface area contributed by atoms with Gasteiger partial charge in [0.15, 0.2) is 11.6 Å². The number of aliphatic hydroxyl groups excluding tert-OH is 1. The Morgan fingerprint density at radius 3 is 2.67 bits per heavy atom. The number of nitrogens with zero attached hydrogens (tertiary/aromatic N) is 1. The lowest BCUT2D eigenvalue weighted by Gasteiger charge is -2.24. The van der Waals surface area contributed by atoms with Crippen LogP contribution in [0.4, 0.5) is 8.78 Å². The number of rotatable bonds is 9. The number of hydrogen-bond acceptors (Lipinski definition) is 3. The van der Waals surface area contributed by atoms with Gasteiger partial charge in [0, 0.05) is 18.2 Å². The molecule has 1 aromatic carbocycles. The third-order valence-corrected chi connectivity index (χ3v) is 3.37. The molecule has 2 unspecified atom stereocenters. The maximum atomic E-state index is 13.9. The first-order valence-corrected chi connectivity index (χ1v) is 7.49. The average Bonchev–Trinajstić information content (AvgIpc) is 2.42. The van der Waals surface area contributed by atoms with Gasteiger partial charge in [-0.25, -0.2) is 8.78 Å². The summed E-state index contributed by atoms with van der Waals surface area (Å²) < 4.78 is 27.3. The maximum absolute atomic E-state index is 13.9. The van der Waals surface area contributed by atoms with E-state index in [2.05, 4.69) is 5.32 Å². The van der Waals surface area contributed by atoms with Crippen molar-refractivity contribution >= 4 is 0 Å². The summed E-state index contributed by atoms with van der Waals surface area (Å²) in [7, 11) is 1.91. The van der Waals surface area contributed by atoms with E-state index in [1.165, 1.54) is 6.07 Å². The van der Waals surface area contributed by atoms with E-state index < -0.39 is 17.7 Å². The van der Waals surface area contributed by atoms with Crippen molar-refractivity contribution in [1.29, 1.82) is 0 Å². The smallest absolute Gasteiger partial charge is 0.163 e. The quantitative estimate of drug-likeness (QED) is 0.736. The van der Waals surface area contributed by atoms with Gasteiger partial charge in [-0.1, -0.05) is 19.1 Å². The Labute approximate surface area is 126 Å². The van der Waals surface area contributed by atoms with Crippen LogP contribution in [0.5, 0.6) is 0 Å². The lowest BCUT2D eigenvalue weighted by molar-refractivity contribution is 0.138. The second-order valence-electron chi connectivity index (χ2n) is 5.55. The Bertz CT molecular complexity index is 427. The summed E-state index contributed by atoms with van der Waals surface area (Å²) >= 11 is 0. The molecule has 0 amide bonds. The molecular formula is C16H26F2N2O. The summed E-state index contributed by atoms with van der Waals surface area (Å²) in [6, 6.07) is 4.07. The maximum Gasteiger partial charge on any atom is 0.163 e. The van der Waals surface area contributed by atoms with Crippen LogP contribution in [0, 0.1) is 11.6 Å². The van der Waals surface area contributed by atoms with Crippen molar-refractivity contribution in [3.8, 4) is 0 Å². The first-order valence-electron chi connectivity index (χ1n) is 7.49. The van der Waals surface area contributed by atoms with Crippen LogP contribution in [0.1, 0.15) is 38.3 Å². The summed E-state index contributed by atoms with van der Waals surface area (Å²) in [4.78, 5) is 1.99. The lowest BCUT2D eigenvalue weighted by atomic mass is 10.0. The van der Waals surface area contributed by atoms with E-state index in [9.17, 15) is 13.9 Å². The monoisotopic (exact) mass is 300 g/mol. The predicted molar refractivity (Wildman–Crippen MR) is 81.2 cm³/mol. The normalized spacial score (nSPS) is 14.4. The molecule has 120 valence electrons. The van der Waals surface area contributed by atoms with E-state index in [-0.39, 0.29) is 6.04 Å². The van der Waals surface area contributed by atoms with Crippen molar-refractivity contribution in [2.24, 2.45) is 0 Å². The van der Waals surface area contributed by atoms with Crippen LogP contribution in [0.15, 0.2) is 18.2 Å². The molecule has 1 aromatic rings. The molecule has 2 atom stereocenters. The van der Waals surface area contributed by atoms with Gasteiger partial charge in [0.1, 0.15) is 0 Å². The summed E-state index contributed by atoms with van der Waals surface area (Å²) in [5, 5.41) is 12.6. The van der Waals surface area contributed by atoms with E-state index in [1.807, 2.05) is 18.9 Å². The molecule has 0 aliphatic heterocycles. The van der Waals surface area contributed by atoms with E-state index in [0.717, 1.165) is 19.0 Å². The van der Waals surface area contributed by atoms with Gasteiger partial charge >= 0.3 is 0 Å². The first kappa shape index (κ1) is 18.0. The minimum atomic E-state index is -0.812. The van der Waals surface area contributed by atoms with Gasteiger partial charge < -0.3 is 15.3 Å². The van der Waals surface area contributed by atoms with Gasteiger partial charge in [-0.3, -0.25) is 0 Å². The fourth-order valence-electron chi connectivity index (χ4n) is 2.37. The second kappa shape index (κ2) is 9.07. The highest BCUT2D eigenvalue weighted by Gasteiger charge is 2.18. The van der Waals surface area contributed by atoms with Crippen LogP contribution in [0.2, 0.25) is 0 Å². The van der Waals surface area contributed by atoms with Crippen LogP contribution in [0.25, 0.3) is 0 Å². The van der Waals surface area contributed by atoms with Gasteiger partial charge in [0.25, 0.3) is 0 Å². The zero-order valence-electron chi connectivity index (χ0n) is 13.1. The molecule has 3 nitrogen and oxygen atoms in total. The number of aliphatic hydroxyl groups is 1. The number of likely N-dealkylation sites (N-methyl/N-ethyl adjacent to an activating group) is 1. The summed E-state index contributed by atoms with van der Waals surface area (Å²) in [6.07, 6.45) is 1.18. The highest BCUT2D eigenvalue weighted by Crippen LogP contribution is 2.22. The van der Waals surface area contributed by atoms with E-state index >= 15 is 0 Å². The molecule has 0 fully saturated rings. The third kappa shape index (κ3) is 6.08. The van der Waals surface area contributed by atoms with Gasteiger partial charge in [-0.15, -0.1) is 0 Å². The summed E-state index contributed by atoms with van der Waals surface area (Å²) in [6.45, 7) is 5.77. The predicted octanol–water partition coefficient (Wildman–Crippen LogP) is 2.71. The van der Waals surface area contributed by atoms with Crippen LogP contribution in [0.3, 0.4) is 0 Å². The average molecular weight is 300 g/mol. The fraction of sp³-hybridized carbons (Fsp3) is 0.625. The molecule has 0 saturated heterocycles. The lowest BCUT2D eigenvalue weighted by Crippen LogP contribution is -2.32. The van der Waals surface area contributed by atoms with Crippen LogP contribution in [-0.4, -0.2) is 42.8 Å². The van der Waals surface area contributed by atoms with E-state index in [4.69, 9.17) is 0 Å². The second-order valence-corrected chi connectivity index (χ2v) is 5.55. The first-order chi connectivity index (χ1) is 9.95. The number of hydrogen-bond donors (Lipinski definition) is 2. The van der Waals surface area contributed by atoms with Crippen molar-refractivity contribution in [1.82, 2.24) is 10.2 Å². The van der Waals surface area contributed by atoms with E-state index in [1.54, 1.807) is 13.0 Å². The molecule has 0 bridgehead atoms. The topological polar surface area (TPSA) is 35.5 Å². The minimum absolute atomic E-state index is 0.225. The van der Waals surface area contributed by atoms with Crippen molar-refractivity contribution in [3.05, 3.63) is 35.4 Å². The third-order valence-electron chi connectivity index (χ3n) is 3.37. The molecule has 1 rings (SSSR count). The molecule has 0 saturated carbocycles. The number of benzene rings is 1. The van der Waals surface area contributed by atoms with Gasteiger partial charge in [-0.2, -0.15) is 0 Å². The van der Waals surface area contributed by atoms with Crippen LogP contribution in [-0.2, 0) is 0 Å². The highest BCUT2D eigenvalue weighted by molar-refractivity contribution is 5.22. The molecule has 21 heavy (non-hydrogen) atoms. The van der Waals surface area contributed by atoms with E-state index in [0.29, 0.717) is 25.1 Å². The Morgan fingerprint density at radius 1 is 1.33 bits per heavy atom. The fourth-order valence-corrected chi connectivity index (χ4v) is 2.37. The number of nitrogens with one attached hydrogen (secondary N) is 1. The molecule has 0 radical (unpaired) electrons. The zero-order chi connectivity index (χ0) is 15.8. The Hall–Kier alpha value is -1.04. The van der Waals surface area contributed by atoms with Gasteiger partial charge in [0.2, 0.25) is 0 Å². The molecule has 0 heterocycles. The molecule has 0 aliphatic carbocycles. The van der Waals surface area contributed by atoms with Crippen molar-refractivity contribution in [3.63, 3.8) is 0 Å². The SMILES string of the molecule is CCCNC(CCN(C)CC(C)O)c1cccc(F)c1F. The summed E-state index contributed by atoms with van der Waals surface area (Å²) in [5.74, 6) is -1.59.